The van der Waals surface area contributed by atoms with E-state index in [9.17, 15) is 4.79 Å². The van der Waals surface area contributed by atoms with Crippen LogP contribution in [0.5, 0.6) is 11.6 Å². The largest absolute Gasteiger partial charge is 0.494 e. The van der Waals surface area contributed by atoms with Crippen molar-refractivity contribution >= 4 is 11.4 Å². The van der Waals surface area contributed by atoms with Gasteiger partial charge >= 0.3 is 0 Å². The summed E-state index contributed by atoms with van der Waals surface area (Å²) in [6.07, 6.45) is 6.03. The van der Waals surface area contributed by atoms with E-state index in [1.54, 1.807) is 19.5 Å². The fourth-order valence-corrected chi connectivity index (χ4v) is 3.71. The highest BCUT2D eigenvalue weighted by Crippen LogP contribution is 2.30. The highest BCUT2D eigenvalue weighted by Gasteiger charge is 2.22. The van der Waals surface area contributed by atoms with E-state index in [4.69, 9.17) is 9.47 Å². The van der Waals surface area contributed by atoms with Crippen molar-refractivity contribution in [3.05, 3.63) is 88.7 Å². The number of anilines is 2. The van der Waals surface area contributed by atoms with Crippen LogP contribution in [0.1, 0.15) is 24.1 Å². The number of rotatable bonds is 9. The van der Waals surface area contributed by atoms with E-state index in [0.29, 0.717) is 36.4 Å². The third-order valence-electron chi connectivity index (χ3n) is 5.74. The lowest BCUT2D eigenvalue weighted by Crippen LogP contribution is -2.26. The second kappa shape index (κ2) is 9.43. The summed E-state index contributed by atoms with van der Waals surface area (Å²) < 4.78 is 14.9. The Balaban J connectivity index is 1.46. The van der Waals surface area contributed by atoms with Gasteiger partial charge in [-0.3, -0.25) is 4.79 Å². The van der Waals surface area contributed by atoms with Gasteiger partial charge < -0.3 is 19.4 Å². The number of hydrogen-bond acceptors (Lipinski definition) is 6. The van der Waals surface area contributed by atoms with Crippen LogP contribution < -0.4 is 20.3 Å². The van der Waals surface area contributed by atoms with Gasteiger partial charge in [-0.25, -0.2) is 9.67 Å². The summed E-state index contributed by atoms with van der Waals surface area (Å²) in [7, 11) is 1.62. The van der Waals surface area contributed by atoms with Crippen LogP contribution in [0.4, 0.5) is 11.4 Å². The molecule has 0 saturated heterocycles. The molecule has 0 unspecified atom stereocenters. The molecule has 1 aliphatic carbocycles. The highest BCUT2D eigenvalue weighted by atomic mass is 16.5. The van der Waals surface area contributed by atoms with Crippen LogP contribution in [0.25, 0.3) is 5.69 Å². The summed E-state index contributed by atoms with van der Waals surface area (Å²) in [6.45, 7) is 2.91. The van der Waals surface area contributed by atoms with Crippen LogP contribution in [0.15, 0.2) is 71.9 Å². The number of methoxy groups -OCH3 is 1. The molecule has 2 aromatic heterocycles. The Morgan fingerprint density at radius 3 is 2.65 bits per heavy atom. The lowest BCUT2D eigenvalue weighted by molar-refractivity contribution is 0.279. The van der Waals surface area contributed by atoms with Gasteiger partial charge in [-0.15, -0.1) is 5.10 Å². The van der Waals surface area contributed by atoms with Gasteiger partial charge in [0.25, 0.3) is 5.56 Å². The normalized spacial score (nSPS) is 13.0. The van der Waals surface area contributed by atoms with E-state index in [1.807, 2.05) is 66.2 Å². The second-order valence-electron chi connectivity index (χ2n) is 8.53. The molecule has 4 aromatic rings. The Hall–Kier alpha value is -4.07. The van der Waals surface area contributed by atoms with Gasteiger partial charge in [0, 0.05) is 24.0 Å². The molecule has 2 aromatic carbocycles. The number of ether oxygens (including phenoxy) is 2. The lowest BCUT2D eigenvalue weighted by atomic mass is 10.2. The Kier molecular flexibility index (Phi) is 6.03. The predicted molar refractivity (Wildman–Crippen MR) is 130 cm³/mol. The maximum Gasteiger partial charge on any atom is 0.291 e. The molecule has 0 radical (unpaired) electrons. The summed E-state index contributed by atoms with van der Waals surface area (Å²) >= 11 is 0. The molecule has 1 aliphatic rings. The maximum absolute atomic E-state index is 13.3. The number of nitrogens with zero attached hydrogens (tertiary/aromatic N) is 4. The van der Waals surface area contributed by atoms with Crippen molar-refractivity contribution in [3.63, 3.8) is 0 Å². The van der Waals surface area contributed by atoms with E-state index >= 15 is 0 Å². The van der Waals surface area contributed by atoms with E-state index in [0.717, 1.165) is 22.6 Å². The summed E-state index contributed by atoms with van der Waals surface area (Å²) in [5.74, 6) is 1.67. The number of hydrogen-bond donors (Lipinski definition) is 1. The molecule has 0 bridgehead atoms. The first-order valence-electron chi connectivity index (χ1n) is 11.3. The number of nitrogens with one attached hydrogen (secondary N) is 1. The van der Waals surface area contributed by atoms with Crippen LogP contribution in [0.2, 0.25) is 0 Å². The average Bonchev–Trinajstić information content (AvgIpc) is 3.59. The van der Waals surface area contributed by atoms with Crippen molar-refractivity contribution < 1.29 is 9.47 Å². The van der Waals surface area contributed by atoms with E-state index in [-0.39, 0.29) is 5.56 Å². The highest BCUT2D eigenvalue weighted by molar-refractivity contribution is 5.65. The number of aryl methyl sites for hydroxylation is 1. The maximum atomic E-state index is 13.3. The minimum Gasteiger partial charge on any atom is -0.494 e. The fraction of sp³-hybridized carbons (Fsp3) is 0.269. The Labute approximate surface area is 197 Å². The predicted octanol–water partition coefficient (Wildman–Crippen LogP) is 4.33. The Morgan fingerprint density at radius 2 is 1.94 bits per heavy atom. The van der Waals surface area contributed by atoms with Crippen molar-refractivity contribution in [3.8, 4) is 17.3 Å². The smallest absolute Gasteiger partial charge is 0.291 e. The van der Waals surface area contributed by atoms with Crippen LogP contribution in [0, 0.1) is 12.8 Å². The first kappa shape index (κ1) is 21.8. The zero-order chi connectivity index (χ0) is 23.5. The zero-order valence-electron chi connectivity index (χ0n) is 19.3. The summed E-state index contributed by atoms with van der Waals surface area (Å²) in [4.78, 5) is 17.5. The molecule has 0 aliphatic heterocycles. The molecule has 0 spiro atoms. The minimum atomic E-state index is -0.226. The van der Waals surface area contributed by atoms with E-state index in [2.05, 4.69) is 15.4 Å². The van der Waals surface area contributed by atoms with Crippen molar-refractivity contribution in [2.45, 2.75) is 26.3 Å². The molecule has 1 fully saturated rings. The van der Waals surface area contributed by atoms with Gasteiger partial charge in [0.15, 0.2) is 0 Å². The molecule has 174 valence electrons. The minimum absolute atomic E-state index is 0.226. The van der Waals surface area contributed by atoms with Gasteiger partial charge in [0.05, 0.1) is 38.0 Å². The SMILES string of the molecule is COc1cc(Nc2cc(OCC3CC3)nn(Cc3ccccc3)c2=O)ccc1-n1cnc(C)c1. The number of benzene rings is 2. The lowest BCUT2D eigenvalue weighted by Gasteiger charge is -2.15. The van der Waals surface area contributed by atoms with Crippen molar-refractivity contribution in [2.75, 3.05) is 19.0 Å². The van der Waals surface area contributed by atoms with Gasteiger partial charge in [0.2, 0.25) is 5.88 Å². The third kappa shape index (κ3) is 4.96. The number of aromatic nitrogens is 4. The molecule has 8 nitrogen and oxygen atoms in total. The first-order chi connectivity index (χ1) is 16.6. The standard InChI is InChI=1S/C26H27N5O3/c1-18-14-30(17-27-18)23-11-10-21(12-24(23)33-2)28-22-13-25(34-16-20-8-9-20)29-31(26(22)32)15-19-6-4-3-5-7-19/h3-7,10-14,17,20,28H,8-9,15-16H2,1-2H3. The van der Waals surface area contributed by atoms with Crippen molar-refractivity contribution in [1.29, 1.82) is 0 Å². The van der Waals surface area contributed by atoms with Gasteiger partial charge in [-0.2, -0.15) is 0 Å². The fourth-order valence-electron chi connectivity index (χ4n) is 3.71. The molecule has 5 rings (SSSR count). The average molecular weight is 458 g/mol. The first-order valence-corrected chi connectivity index (χ1v) is 11.3. The summed E-state index contributed by atoms with van der Waals surface area (Å²) in [5, 5.41) is 7.71. The van der Waals surface area contributed by atoms with Gasteiger partial charge in [-0.05, 0) is 43.4 Å². The molecule has 34 heavy (non-hydrogen) atoms. The van der Waals surface area contributed by atoms with Crippen LogP contribution in [-0.2, 0) is 6.54 Å². The second-order valence-corrected chi connectivity index (χ2v) is 8.53. The van der Waals surface area contributed by atoms with Gasteiger partial charge in [-0.1, -0.05) is 30.3 Å². The van der Waals surface area contributed by atoms with Crippen LogP contribution >= 0.6 is 0 Å². The topological polar surface area (TPSA) is 83.2 Å². The number of imidazole rings is 1. The van der Waals surface area contributed by atoms with Crippen molar-refractivity contribution in [1.82, 2.24) is 19.3 Å². The molecular formula is C26H27N5O3. The molecule has 1 saturated carbocycles. The van der Waals surface area contributed by atoms with Crippen molar-refractivity contribution in [2.24, 2.45) is 5.92 Å². The molecular weight excluding hydrogens is 430 g/mol. The summed E-state index contributed by atoms with van der Waals surface area (Å²) in [5.41, 5.74) is 3.65. The molecule has 1 N–H and O–H groups in total. The molecule has 0 atom stereocenters. The van der Waals surface area contributed by atoms with Crippen LogP contribution in [-0.4, -0.2) is 33.0 Å². The Morgan fingerprint density at radius 1 is 1.12 bits per heavy atom. The molecule has 2 heterocycles. The van der Waals surface area contributed by atoms with E-state index < -0.39 is 0 Å². The third-order valence-corrected chi connectivity index (χ3v) is 5.74. The zero-order valence-corrected chi connectivity index (χ0v) is 19.3. The van der Waals surface area contributed by atoms with E-state index in [1.165, 1.54) is 17.5 Å². The quantitative estimate of drug-likeness (QED) is 0.403. The van der Waals surface area contributed by atoms with Crippen LogP contribution in [0.3, 0.4) is 0 Å². The van der Waals surface area contributed by atoms with Gasteiger partial charge in [0.1, 0.15) is 11.4 Å². The molecule has 8 heteroatoms. The monoisotopic (exact) mass is 457 g/mol. The molecule has 0 amide bonds. The summed E-state index contributed by atoms with van der Waals surface area (Å²) in [6, 6.07) is 17.1. The Bertz CT molecular complexity index is 1340.